The Morgan fingerprint density at radius 3 is 1.63 bits per heavy atom. The lowest BCUT2D eigenvalue weighted by molar-refractivity contribution is 0.769. The standard InChI is InChI=1S/C60H39N3/c1-4-18-41(19-5-1)55-38-56(43-21-14-20-42(37-43)44-22-16-36-61-39-44)63-59(62-55)52-34-33-50(48-28-12-13-29-49(48)52)51-30-15-31-53-58(51)57-47-27-11-10-17-40(47)32-35-54(57)60(53,45-23-6-2-7-24-45)46-25-8-3-9-26-46/h1-39H. The lowest BCUT2D eigenvalue weighted by Gasteiger charge is -2.34. The number of hydrogen-bond donors (Lipinski definition) is 0. The summed E-state index contributed by atoms with van der Waals surface area (Å²) in [6.07, 6.45) is 3.71. The molecule has 11 aromatic rings. The molecule has 0 fully saturated rings. The molecule has 3 nitrogen and oxygen atoms in total. The lowest BCUT2D eigenvalue weighted by atomic mass is 9.67. The highest BCUT2D eigenvalue weighted by Gasteiger charge is 2.47. The van der Waals surface area contributed by atoms with Gasteiger partial charge in [-0.05, 0) is 95.9 Å². The molecule has 0 saturated carbocycles. The molecule has 9 aromatic carbocycles. The summed E-state index contributed by atoms with van der Waals surface area (Å²) in [5.74, 6) is 0.683. The van der Waals surface area contributed by atoms with Gasteiger partial charge in [0.1, 0.15) is 0 Å². The van der Waals surface area contributed by atoms with Gasteiger partial charge in [0.25, 0.3) is 0 Å². The van der Waals surface area contributed by atoms with Crippen LogP contribution in [0.15, 0.2) is 237 Å². The van der Waals surface area contributed by atoms with Crippen molar-refractivity contribution in [2.75, 3.05) is 0 Å². The first-order valence-electron chi connectivity index (χ1n) is 21.5. The van der Waals surface area contributed by atoms with Crippen molar-refractivity contribution in [1.29, 1.82) is 0 Å². The van der Waals surface area contributed by atoms with Crippen LogP contribution in [0.4, 0.5) is 0 Å². The Morgan fingerprint density at radius 2 is 0.905 bits per heavy atom. The van der Waals surface area contributed by atoms with E-state index in [0.29, 0.717) is 5.82 Å². The van der Waals surface area contributed by atoms with Crippen molar-refractivity contribution in [3.8, 4) is 67.3 Å². The highest BCUT2D eigenvalue weighted by Crippen LogP contribution is 2.60. The third kappa shape index (κ3) is 5.93. The Bertz CT molecular complexity index is 3450. The molecule has 0 saturated heterocycles. The van der Waals surface area contributed by atoms with Gasteiger partial charge in [0.15, 0.2) is 5.82 Å². The third-order valence-electron chi connectivity index (χ3n) is 12.9. The average molecular weight is 802 g/mol. The molecule has 294 valence electrons. The van der Waals surface area contributed by atoms with E-state index in [1.807, 2.05) is 18.3 Å². The van der Waals surface area contributed by atoms with Gasteiger partial charge in [0.05, 0.1) is 16.8 Å². The molecule has 0 spiro atoms. The summed E-state index contributed by atoms with van der Waals surface area (Å²) in [6.45, 7) is 0. The fraction of sp³-hybridized carbons (Fsp3) is 0.0167. The summed E-state index contributed by atoms with van der Waals surface area (Å²) in [7, 11) is 0. The van der Waals surface area contributed by atoms with Crippen LogP contribution in [0.25, 0.3) is 88.8 Å². The molecule has 0 N–H and O–H groups in total. The second kappa shape index (κ2) is 15.0. The molecule has 0 aliphatic heterocycles. The van der Waals surface area contributed by atoms with Gasteiger partial charge < -0.3 is 0 Å². The van der Waals surface area contributed by atoms with Crippen LogP contribution in [-0.2, 0) is 5.41 Å². The quantitative estimate of drug-likeness (QED) is 0.161. The number of nitrogens with zero attached hydrogens (tertiary/aromatic N) is 3. The normalized spacial score (nSPS) is 12.6. The first kappa shape index (κ1) is 36.6. The second-order valence-corrected chi connectivity index (χ2v) is 16.3. The molecule has 2 aromatic heterocycles. The number of benzene rings is 9. The topological polar surface area (TPSA) is 38.7 Å². The van der Waals surface area contributed by atoms with Crippen molar-refractivity contribution in [1.82, 2.24) is 15.0 Å². The van der Waals surface area contributed by atoms with Gasteiger partial charge in [-0.15, -0.1) is 0 Å². The van der Waals surface area contributed by atoms with Gasteiger partial charge in [0.2, 0.25) is 0 Å². The van der Waals surface area contributed by atoms with E-state index >= 15 is 0 Å². The third-order valence-corrected chi connectivity index (χ3v) is 12.9. The number of rotatable bonds is 7. The molecule has 2 heterocycles. The van der Waals surface area contributed by atoms with Crippen LogP contribution in [-0.4, -0.2) is 15.0 Å². The van der Waals surface area contributed by atoms with E-state index in [9.17, 15) is 0 Å². The van der Waals surface area contributed by atoms with E-state index in [-0.39, 0.29) is 0 Å². The summed E-state index contributed by atoms with van der Waals surface area (Å²) in [5.41, 5.74) is 16.4. The summed E-state index contributed by atoms with van der Waals surface area (Å²) in [6, 6.07) is 81.0. The van der Waals surface area contributed by atoms with Crippen molar-refractivity contribution in [3.05, 3.63) is 259 Å². The molecular formula is C60H39N3. The molecule has 0 radical (unpaired) electrons. The predicted octanol–water partition coefficient (Wildman–Crippen LogP) is 14.9. The molecule has 12 rings (SSSR count). The van der Waals surface area contributed by atoms with E-state index in [4.69, 9.17) is 9.97 Å². The Hall–Kier alpha value is -8.27. The summed E-state index contributed by atoms with van der Waals surface area (Å²) in [5, 5.41) is 4.73. The molecule has 0 bridgehead atoms. The maximum atomic E-state index is 5.37. The van der Waals surface area contributed by atoms with E-state index in [1.165, 1.54) is 55.3 Å². The van der Waals surface area contributed by atoms with Gasteiger partial charge in [-0.1, -0.05) is 200 Å². The van der Waals surface area contributed by atoms with Crippen LogP contribution in [0, 0.1) is 0 Å². The van der Waals surface area contributed by atoms with Crippen LogP contribution in [0.2, 0.25) is 0 Å². The second-order valence-electron chi connectivity index (χ2n) is 16.3. The molecule has 1 aliphatic rings. The Balaban J connectivity index is 1.10. The van der Waals surface area contributed by atoms with Gasteiger partial charge >= 0.3 is 0 Å². The lowest BCUT2D eigenvalue weighted by Crippen LogP contribution is -2.28. The predicted molar refractivity (Wildman–Crippen MR) is 259 cm³/mol. The van der Waals surface area contributed by atoms with E-state index in [2.05, 4.69) is 217 Å². The highest BCUT2D eigenvalue weighted by molar-refractivity contribution is 6.12. The first-order chi connectivity index (χ1) is 31.3. The minimum atomic E-state index is -0.528. The molecule has 0 unspecified atom stereocenters. The zero-order valence-electron chi connectivity index (χ0n) is 34.4. The van der Waals surface area contributed by atoms with Gasteiger partial charge in [-0.3, -0.25) is 4.98 Å². The molecule has 0 amide bonds. The largest absolute Gasteiger partial charge is 0.264 e. The Morgan fingerprint density at radius 1 is 0.333 bits per heavy atom. The molecular weight excluding hydrogens is 763 g/mol. The zero-order valence-corrected chi connectivity index (χ0v) is 34.4. The highest BCUT2D eigenvalue weighted by atomic mass is 14.9. The molecule has 0 atom stereocenters. The van der Waals surface area contributed by atoms with Gasteiger partial charge in [0, 0.05) is 34.6 Å². The molecule has 1 aliphatic carbocycles. The fourth-order valence-electron chi connectivity index (χ4n) is 10.1. The Kier molecular flexibility index (Phi) is 8.72. The van der Waals surface area contributed by atoms with E-state index in [1.54, 1.807) is 6.20 Å². The fourth-order valence-corrected chi connectivity index (χ4v) is 10.1. The first-order valence-corrected chi connectivity index (χ1v) is 21.5. The van der Waals surface area contributed by atoms with Crippen LogP contribution in [0.3, 0.4) is 0 Å². The van der Waals surface area contributed by atoms with Crippen LogP contribution in [0.5, 0.6) is 0 Å². The van der Waals surface area contributed by atoms with Crippen LogP contribution in [0.1, 0.15) is 22.3 Å². The zero-order chi connectivity index (χ0) is 41.7. The van der Waals surface area contributed by atoms with Crippen molar-refractivity contribution in [2.24, 2.45) is 0 Å². The van der Waals surface area contributed by atoms with Gasteiger partial charge in [-0.2, -0.15) is 0 Å². The number of hydrogen-bond acceptors (Lipinski definition) is 3. The molecule has 3 heteroatoms. The smallest absolute Gasteiger partial charge is 0.161 e. The summed E-state index contributed by atoms with van der Waals surface area (Å²) in [4.78, 5) is 15.1. The maximum Gasteiger partial charge on any atom is 0.161 e. The number of aromatic nitrogens is 3. The number of fused-ring (bicyclic) bond motifs is 6. The van der Waals surface area contributed by atoms with Crippen LogP contribution >= 0.6 is 0 Å². The van der Waals surface area contributed by atoms with Gasteiger partial charge in [-0.25, -0.2) is 9.97 Å². The maximum absolute atomic E-state index is 5.37. The van der Waals surface area contributed by atoms with E-state index in [0.717, 1.165) is 50.0 Å². The summed E-state index contributed by atoms with van der Waals surface area (Å²) < 4.78 is 0. The van der Waals surface area contributed by atoms with Crippen molar-refractivity contribution in [2.45, 2.75) is 5.41 Å². The monoisotopic (exact) mass is 801 g/mol. The van der Waals surface area contributed by atoms with Crippen LogP contribution < -0.4 is 0 Å². The Labute approximate surface area is 366 Å². The van der Waals surface area contributed by atoms with Crippen molar-refractivity contribution >= 4 is 21.5 Å². The minimum absolute atomic E-state index is 0.528. The SMILES string of the molecule is c1ccc(-c2cc(-c3cccc(-c4cccnc4)c3)nc(-c3ccc(-c4cccc5c4-c4c(ccc6ccccc46)C5(c4ccccc4)c4ccccc4)c4ccccc34)n2)cc1. The van der Waals surface area contributed by atoms with Crippen molar-refractivity contribution in [3.63, 3.8) is 0 Å². The van der Waals surface area contributed by atoms with E-state index < -0.39 is 5.41 Å². The van der Waals surface area contributed by atoms with Crippen molar-refractivity contribution < 1.29 is 0 Å². The number of pyridine rings is 1. The molecule has 63 heavy (non-hydrogen) atoms. The average Bonchev–Trinajstić information content (AvgIpc) is 3.69. The summed E-state index contributed by atoms with van der Waals surface area (Å²) >= 11 is 0. The minimum Gasteiger partial charge on any atom is -0.264 e.